The van der Waals surface area contributed by atoms with E-state index in [1.165, 1.54) is 22.4 Å². The van der Waals surface area contributed by atoms with Crippen molar-refractivity contribution in [2.24, 2.45) is 5.73 Å². The highest BCUT2D eigenvalue weighted by Crippen LogP contribution is 2.43. The molecule has 1 amide bonds. The molecule has 5 nitrogen and oxygen atoms in total. The van der Waals surface area contributed by atoms with Gasteiger partial charge in [0, 0.05) is 36.8 Å². The number of fused-ring (bicyclic) bond motifs is 1. The number of carbonyl (C=O) groups excluding carboxylic acids is 1. The van der Waals surface area contributed by atoms with Crippen LogP contribution in [-0.4, -0.2) is 27.1 Å². The van der Waals surface area contributed by atoms with Crippen LogP contribution in [-0.2, 0) is 29.7 Å². The molecular weight excluding hydrogens is 396 g/mol. The van der Waals surface area contributed by atoms with Crippen LogP contribution in [0.25, 0.3) is 0 Å². The predicted molar refractivity (Wildman–Crippen MR) is 128 cm³/mol. The molecule has 2 aromatic carbocycles. The van der Waals surface area contributed by atoms with E-state index in [-0.39, 0.29) is 11.9 Å². The summed E-state index contributed by atoms with van der Waals surface area (Å²) in [6.45, 7) is 9.96. The van der Waals surface area contributed by atoms with Crippen LogP contribution in [0.1, 0.15) is 60.0 Å². The topological polar surface area (TPSA) is 64.2 Å². The third kappa shape index (κ3) is 3.86. The van der Waals surface area contributed by atoms with Crippen LogP contribution in [0.5, 0.6) is 0 Å². The molecule has 32 heavy (non-hydrogen) atoms. The fourth-order valence-electron chi connectivity index (χ4n) is 5.36. The summed E-state index contributed by atoms with van der Waals surface area (Å²) >= 11 is 0. The van der Waals surface area contributed by atoms with Crippen molar-refractivity contribution in [1.29, 1.82) is 0 Å². The monoisotopic (exact) mass is 430 g/mol. The SMILES string of the molecule is CCn1nc(C)c2c1CCN(C(C)(C(N)=O)c1ccccc1)C2CCc1cccc(C)c1. The van der Waals surface area contributed by atoms with E-state index in [1.807, 2.05) is 37.3 Å². The Labute approximate surface area is 191 Å². The summed E-state index contributed by atoms with van der Waals surface area (Å²) in [5.41, 5.74) is 12.4. The number of primary amides is 1. The van der Waals surface area contributed by atoms with Gasteiger partial charge in [0.1, 0.15) is 5.54 Å². The maximum atomic E-state index is 13.0. The van der Waals surface area contributed by atoms with Crippen molar-refractivity contribution in [2.75, 3.05) is 6.54 Å². The highest BCUT2D eigenvalue weighted by atomic mass is 16.1. The van der Waals surface area contributed by atoms with Crippen LogP contribution >= 0.6 is 0 Å². The number of hydrogen-bond acceptors (Lipinski definition) is 3. The van der Waals surface area contributed by atoms with E-state index < -0.39 is 5.54 Å². The van der Waals surface area contributed by atoms with E-state index >= 15 is 0 Å². The molecule has 2 unspecified atom stereocenters. The number of nitrogens with zero attached hydrogens (tertiary/aromatic N) is 3. The molecule has 1 aliphatic rings. The van der Waals surface area contributed by atoms with E-state index in [0.29, 0.717) is 0 Å². The van der Waals surface area contributed by atoms with Crippen molar-refractivity contribution in [3.8, 4) is 0 Å². The molecule has 0 saturated heterocycles. The Morgan fingerprint density at radius 3 is 2.56 bits per heavy atom. The molecule has 2 atom stereocenters. The Morgan fingerprint density at radius 2 is 1.91 bits per heavy atom. The molecule has 1 aromatic heterocycles. The third-order valence-electron chi connectivity index (χ3n) is 7.06. The summed E-state index contributed by atoms with van der Waals surface area (Å²) in [7, 11) is 0. The van der Waals surface area contributed by atoms with Crippen molar-refractivity contribution in [1.82, 2.24) is 14.7 Å². The Bertz CT molecular complexity index is 1100. The lowest BCUT2D eigenvalue weighted by Gasteiger charge is -2.47. The Balaban J connectivity index is 1.79. The van der Waals surface area contributed by atoms with Gasteiger partial charge in [-0.05, 0) is 51.7 Å². The van der Waals surface area contributed by atoms with Crippen LogP contribution in [0.4, 0.5) is 0 Å². The fraction of sp³-hybridized carbons (Fsp3) is 0.407. The molecule has 5 heteroatoms. The number of rotatable bonds is 7. The third-order valence-corrected chi connectivity index (χ3v) is 7.06. The lowest BCUT2D eigenvalue weighted by atomic mass is 9.82. The molecule has 4 rings (SSSR count). The van der Waals surface area contributed by atoms with Gasteiger partial charge >= 0.3 is 0 Å². The van der Waals surface area contributed by atoms with Gasteiger partial charge in [-0.1, -0.05) is 60.2 Å². The first-order chi connectivity index (χ1) is 15.4. The molecular formula is C27H34N4O. The molecule has 0 fully saturated rings. The van der Waals surface area contributed by atoms with Crippen LogP contribution in [0.15, 0.2) is 54.6 Å². The summed E-state index contributed by atoms with van der Waals surface area (Å²) in [6, 6.07) is 18.7. The first-order valence-electron chi connectivity index (χ1n) is 11.6. The zero-order chi connectivity index (χ0) is 22.9. The van der Waals surface area contributed by atoms with Gasteiger partial charge in [-0.25, -0.2) is 0 Å². The average Bonchev–Trinajstić information content (AvgIpc) is 3.13. The largest absolute Gasteiger partial charge is 0.368 e. The molecule has 0 aliphatic carbocycles. The second-order valence-corrected chi connectivity index (χ2v) is 9.05. The normalized spacial score (nSPS) is 18.2. The minimum absolute atomic E-state index is 0.0669. The van der Waals surface area contributed by atoms with E-state index in [0.717, 1.165) is 43.6 Å². The van der Waals surface area contributed by atoms with Crippen LogP contribution in [0.2, 0.25) is 0 Å². The molecule has 168 valence electrons. The zero-order valence-corrected chi connectivity index (χ0v) is 19.6. The zero-order valence-electron chi connectivity index (χ0n) is 19.6. The minimum atomic E-state index is -0.892. The van der Waals surface area contributed by atoms with Gasteiger partial charge in [-0.15, -0.1) is 0 Å². The van der Waals surface area contributed by atoms with E-state index in [1.54, 1.807) is 0 Å². The number of aromatic nitrogens is 2. The highest BCUT2D eigenvalue weighted by Gasteiger charge is 2.46. The summed E-state index contributed by atoms with van der Waals surface area (Å²) in [5.74, 6) is -0.312. The summed E-state index contributed by atoms with van der Waals surface area (Å²) < 4.78 is 2.13. The van der Waals surface area contributed by atoms with Gasteiger partial charge in [0.15, 0.2) is 0 Å². The molecule has 1 aliphatic heterocycles. The average molecular weight is 431 g/mol. The van der Waals surface area contributed by atoms with E-state index in [4.69, 9.17) is 10.8 Å². The van der Waals surface area contributed by atoms with Gasteiger partial charge in [-0.3, -0.25) is 14.4 Å². The standard InChI is InChI=1S/C27H34N4O/c1-5-31-24-16-17-30(27(4,26(28)32)22-12-7-6-8-13-22)23(25(24)20(3)29-31)15-14-21-11-9-10-19(2)18-21/h6-13,18,23H,5,14-17H2,1-4H3,(H2,28,32). The van der Waals surface area contributed by atoms with Crippen LogP contribution in [0, 0.1) is 13.8 Å². The molecule has 3 aromatic rings. The van der Waals surface area contributed by atoms with Gasteiger partial charge in [-0.2, -0.15) is 5.10 Å². The molecule has 0 bridgehead atoms. The quantitative estimate of drug-likeness (QED) is 0.602. The van der Waals surface area contributed by atoms with Crippen molar-refractivity contribution in [3.63, 3.8) is 0 Å². The summed E-state index contributed by atoms with van der Waals surface area (Å²) in [5, 5.41) is 4.84. The van der Waals surface area contributed by atoms with Gasteiger partial charge in [0.05, 0.1) is 5.69 Å². The number of amides is 1. The number of benzene rings is 2. The van der Waals surface area contributed by atoms with Crippen molar-refractivity contribution < 1.29 is 4.79 Å². The number of carbonyl (C=O) groups is 1. The van der Waals surface area contributed by atoms with Crippen molar-refractivity contribution in [2.45, 2.75) is 65.1 Å². The first-order valence-corrected chi connectivity index (χ1v) is 11.6. The molecule has 2 heterocycles. The second kappa shape index (κ2) is 8.91. The molecule has 0 spiro atoms. The van der Waals surface area contributed by atoms with Crippen LogP contribution in [0.3, 0.4) is 0 Å². The van der Waals surface area contributed by atoms with Crippen LogP contribution < -0.4 is 5.73 Å². The Hall–Kier alpha value is -2.92. The van der Waals surface area contributed by atoms with Crippen molar-refractivity contribution >= 4 is 5.91 Å². The maximum Gasteiger partial charge on any atom is 0.242 e. The lowest BCUT2D eigenvalue weighted by Crippen LogP contribution is -2.56. The summed E-state index contributed by atoms with van der Waals surface area (Å²) in [6.07, 6.45) is 2.70. The van der Waals surface area contributed by atoms with Crippen molar-refractivity contribution in [3.05, 3.63) is 88.2 Å². The number of hydrogen-bond donors (Lipinski definition) is 1. The summed E-state index contributed by atoms with van der Waals surface area (Å²) in [4.78, 5) is 15.3. The van der Waals surface area contributed by atoms with Gasteiger partial charge in [0.2, 0.25) is 5.91 Å². The maximum absolute atomic E-state index is 13.0. The Kier molecular flexibility index (Phi) is 6.20. The molecule has 0 radical (unpaired) electrons. The number of aryl methyl sites for hydroxylation is 4. The predicted octanol–water partition coefficient (Wildman–Crippen LogP) is 4.45. The highest BCUT2D eigenvalue weighted by molar-refractivity contribution is 5.86. The molecule has 0 saturated carbocycles. The smallest absolute Gasteiger partial charge is 0.242 e. The Morgan fingerprint density at radius 1 is 1.16 bits per heavy atom. The van der Waals surface area contributed by atoms with Gasteiger partial charge in [0.25, 0.3) is 0 Å². The second-order valence-electron chi connectivity index (χ2n) is 9.05. The van der Waals surface area contributed by atoms with E-state index in [2.05, 4.69) is 54.6 Å². The van der Waals surface area contributed by atoms with E-state index in [9.17, 15) is 4.79 Å². The fourth-order valence-corrected chi connectivity index (χ4v) is 5.36. The number of nitrogens with two attached hydrogens (primary N) is 1. The van der Waals surface area contributed by atoms with Gasteiger partial charge < -0.3 is 5.73 Å². The lowest BCUT2D eigenvalue weighted by molar-refractivity contribution is -0.132. The minimum Gasteiger partial charge on any atom is -0.368 e. The first kappa shape index (κ1) is 22.3. The molecule has 2 N–H and O–H groups in total.